The van der Waals surface area contributed by atoms with E-state index in [1.54, 1.807) is 6.07 Å². The Morgan fingerprint density at radius 3 is 2.65 bits per heavy atom. The van der Waals surface area contributed by atoms with Gasteiger partial charge in [-0.15, -0.1) is 0 Å². The molecule has 0 aliphatic heterocycles. The Bertz CT molecular complexity index is 611. The average molecular weight is 291 g/mol. The molecule has 0 saturated heterocycles. The maximum absolute atomic E-state index is 9.87. The molecule has 0 aromatic heterocycles. The fraction of sp³-hybridized carbons (Fsp3) is 0.250. The van der Waals surface area contributed by atoms with Crippen LogP contribution in [-0.2, 0) is 6.54 Å². The SMILES string of the molecule is Cc1ccc(O)c(CNc2cccc(Cl)c2N(C)C)c1. The number of para-hydroxylation sites is 1. The van der Waals surface area contributed by atoms with Crippen molar-refractivity contribution in [1.82, 2.24) is 0 Å². The van der Waals surface area contributed by atoms with Gasteiger partial charge in [0, 0.05) is 26.2 Å². The summed E-state index contributed by atoms with van der Waals surface area (Å²) in [6, 6.07) is 11.3. The number of anilines is 2. The minimum absolute atomic E-state index is 0.302. The Morgan fingerprint density at radius 1 is 1.20 bits per heavy atom. The lowest BCUT2D eigenvalue weighted by molar-refractivity contribution is 0.469. The molecular formula is C16H19ClN2O. The van der Waals surface area contributed by atoms with E-state index in [0.717, 1.165) is 22.5 Å². The molecule has 2 aromatic carbocycles. The summed E-state index contributed by atoms with van der Waals surface area (Å²) in [6.07, 6.45) is 0. The van der Waals surface area contributed by atoms with E-state index in [9.17, 15) is 5.11 Å². The topological polar surface area (TPSA) is 35.5 Å². The Morgan fingerprint density at radius 2 is 1.95 bits per heavy atom. The van der Waals surface area contributed by atoms with Gasteiger partial charge in [0.05, 0.1) is 16.4 Å². The third-order valence-corrected chi connectivity index (χ3v) is 3.44. The monoisotopic (exact) mass is 290 g/mol. The Hall–Kier alpha value is -1.87. The summed E-state index contributed by atoms with van der Waals surface area (Å²) in [5.41, 5.74) is 3.89. The van der Waals surface area contributed by atoms with Gasteiger partial charge >= 0.3 is 0 Å². The number of hydrogen-bond acceptors (Lipinski definition) is 3. The molecule has 0 radical (unpaired) electrons. The second-order valence-corrected chi connectivity index (χ2v) is 5.42. The predicted octanol–water partition coefficient (Wildman–Crippen LogP) is 4.03. The Kier molecular flexibility index (Phi) is 4.40. The number of hydrogen-bond donors (Lipinski definition) is 2. The number of aromatic hydroxyl groups is 1. The lowest BCUT2D eigenvalue weighted by Crippen LogP contribution is -2.12. The zero-order chi connectivity index (χ0) is 14.7. The molecule has 0 unspecified atom stereocenters. The minimum Gasteiger partial charge on any atom is -0.508 e. The Labute approximate surface area is 124 Å². The molecular weight excluding hydrogens is 272 g/mol. The fourth-order valence-electron chi connectivity index (χ4n) is 2.16. The molecule has 0 spiro atoms. The van der Waals surface area contributed by atoms with Crippen molar-refractivity contribution in [3.63, 3.8) is 0 Å². The number of rotatable bonds is 4. The van der Waals surface area contributed by atoms with Crippen LogP contribution in [0.5, 0.6) is 5.75 Å². The maximum atomic E-state index is 9.87. The van der Waals surface area contributed by atoms with Gasteiger partial charge in [-0.05, 0) is 25.1 Å². The number of phenols is 1. The molecule has 0 atom stereocenters. The molecule has 0 bridgehead atoms. The second kappa shape index (κ2) is 6.06. The molecule has 3 nitrogen and oxygen atoms in total. The molecule has 2 rings (SSSR count). The van der Waals surface area contributed by atoms with Gasteiger partial charge in [-0.25, -0.2) is 0 Å². The van der Waals surface area contributed by atoms with E-state index >= 15 is 0 Å². The second-order valence-electron chi connectivity index (χ2n) is 5.02. The molecule has 0 aliphatic rings. The largest absolute Gasteiger partial charge is 0.508 e. The van der Waals surface area contributed by atoms with E-state index in [4.69, 9.17) is 11.6 Å². The van der Waals surface area contributed by atoms with Crippen molar-refractivity contribution in [3.05, 3.63) is 52.5 Å². The van der Waals surface area contributed by atoms with Gasteiger partial charge < -0.3 is 15.3 Å². The van der Waals surface area contributed by atoms with Crippen molar-refractivity contribution in [2.75, 3.05) is 24.3 Å². The van der Waals surface area contributed by atoms with E-state index in [0.29, 0.717) is 17.3 Å². The van der Waals surface area contributed by atoms with Gasteiger partial charge in [-0.3, -0.25) is 0 Å². The fourth-order valence-corrected chi connectivity index (χ4v) is 2.50. The first-order chi connectivity index (χ1) is 9.49. The molecule has 2 aromatic rings. The van der Waals surface area contributed by atoms with Gasteiger partial charge in [0.15, 0.2) is 0 Å². The van der Waals surface area contributed by atoms with Crippen LogP contribution in [0.25, 0.3) is 0 Å². The number of nitrogens with one attached hydrogen (secondary N) is 1. The smallest absolute Gasteiger partial charge is 0.120 e. The first-order valence-electron chi connectivity index (χ1n) is 6.47. The highest BCUT2D eigenvalue weighted by atomic mass is 35.5. The van der Waals surface area contributed by atoms with Crippen LogP contribution in [0.2, 0.25) is 5.02 Å². The summed E-state index contributed by atoms with van der Waals surface area (Å²) in [5, 5.41) is 13.9. The van der Waals surface area contributed by atoms with Crippen molar-refractivity contribution in [1.29, 1.82) is 0 Å². The number of aryl methyl sites for hydroxylation is 1. The quantitative estimate of drug-likeness (QED) is 0.892. The molecule has 0 fully saturated rings. The van der Waals surface area contributed by atoms with Crippen LogP contribution in [-0.4, -0.2) is 19.2 Å². The molecule has 0 heterocycles. The molecule has 106 valence electrons. The van der Waals surface area contributed by atoms with Crippen LogP contribution in [0.4, 0.5) is 11.4 Å². The summed E-state index contributed by atoms with van der Waals surface area (Å²) in [6.45, 7) is 2.56. The van der Waals surface area contributed by atoms with Crippen molar-refractivity contribution in [2.45, 2.75) is 13.5 Å². The van der Waals surface area contributed by atoms with Crippen molar-refractivity contribution < 1.29 is 5.11 Å². The summed E-state index contributed by atoms with van der Waals surface area (Å²) < 4.78 is 0. The van der Waals surface area contributed by atoms with Gasteiger partial charge in [-0.1, -0.05) is 35.4 Å². The summed E-state index contributed by atoms with van der Waals surface area (Å²) in [5.74, 6) is 0.302. The van der Waals surface area contributed by atoms with Gasteiger partial charge in [0.25, 0.3) is 0 Å². The van der Waals surface area contributed by atoms with Crippen molar-refractivity contribution in [3.8, 4) is 5.75 Å². The van der Waals surface area contributed by atoms with Crippen LogP contribution >= 0.6 is 11.6 Å². The van der Waals surface area contributed by atoms with Crippen molar-refractivity contribution in [2.24, 2.45) is 0 Å². The molecule has 2 N–H and O–H groups in total. The first kappa shape index (κ1) is 14.5. The summed E-state index contributed by atoms with van der Waals surface area (Å²) in [4.78, 5) is 1.97. The molecule has 4 heteroatoms. The van der Waals surface area contributed by atoms with Gasteiger partial charge in [-0.2, -0.15) is 0 Å². The molecule has 0 aliphatic carbocycles. The highest BCUT2D eigenvalue weighted by Crippen LogP contribution is 2.33. The molecule has 0 amide bonds. The van der Waals surface area contributed by atoms with Crippen LogP contribution in [0.3, 0.4) is 0 Å². The number of nitrogens with zero attached hydrogens (tertiary/aromatic N) is 1. The summed E-state index contributed by atoms with van der Waals surface area (Å²) in [7, 11) is 3.91. The number of halogens is 1. The third-order valence-electron chi connectivity index (χ3n) is 3.14. The van der Waals surface area contributed by atoms with Crippen LogP contribution < -0.4 is 10.2 Å². The highest BCUT2D eigenvalue weighted by Gasteiger charge is 2.09. The normalized spacial score (nSPS) is 10.4. The number of benzene rings is 2. The Balaban J connectivity index is 2.23. The van der Waals surface area contributed by atoms with Crippen LogP contribution in [0, 0.1) is 6.92 Å². The van der Waals surface area contributed by atoms with E-state index in [1.807, 2.05) is 56.3 Å². The lowest BCUT2D eigenvalue weighted by Gasteiger charge is -2.20. The van der Waals surface area contributed by atoms with E-state index in [2.05, 4.69) is 5.32 Å². The number of phenolic OH excluding ortho intramolecular Hbond substituents is 1. The third kappa shape index (κ3) is 3.17. The minimum atomic E-state index is 0.302. The zero-order valence-electron chi connectivity index (χ0n) is 11.9. The van der Waals surface area contributed by atoms with Crippen LogP contribution in [0.1, 0.15) is 11.1 Å². The zero-order valence-corrected chi connectivity index (χ0v) is 12.7. The maximum Gasteiger partial charge on any atom is 0.120 e. The van der Waals surface area contributed by atoms with Crippen molar-refractivity contribution >= 4 is 23.0 Å². The van der Waals surface area contributed by atoms with Crippen LogP contribution in [0.15, 0.2) is 36.4 Å². The van der Waals surface area contributed by atoms with Gasteiger partial charge in [0.1, 0.15) is 5.75 Å². The molecule has 0 saturated carbocycles. The predicted molar refractivity (Wildman–Crippen MR) is 85.9 cm³/mol. The van der Waals surface area contributed by atoms with E-state index in [1.165, 1.54) is 0 Å². The molecule has 20 heavy (non-hydrogen) atoms. The summed E-state index contributed by atoms with van der Waals surface area (Å²) >= 11 is 6.23. The van der Waals surface area contributed by atoms with E-state index < -0.39 is 0 Å². The first-order valence-corrected chi connectivity index (χ1v) is 6.85. The van der Waals surface area contributed by atoms with E-state index in [-0.39, 0.29) is 0 Å². The highest BCUT2D eigenvalue weighted by molar-refractivity contribution is 6.34. The van der Waals surface area contributed by atoms with Gasteiger partial charge in [0.2, 0.25) is 0 Å². The standard InChI is InChI=1S/C16H19ClN2O/c1-11-7-8-15(20)12(9-11)10-18-14-6-4-5-13(17)16(14)19(2)3/h4-9,18,20H,10H2,1-3H3. The lowest BCUT2D eigenvalue weighted by atomic mass is 10.1. The average Bonchev–Trinajstić information content (AvgIpc) is 2.39.